The fourth-order valence-corrected chi connectivity index (χ4v) is 3.30. The Hall–Kier alpha value is -1.85. The van der Waals surface area contributed by atoms with Crippen LogP contribution < -0.4 is 5.32 Å². The third-order valence-corrected chi connectivity index (χ3v) is 4.53. The molecule has 122 valence electrons. The van der Waals surface area contributed by atoms with Crippen molar-refractivity contribution in [2.24, 2.45) is 5.92 Å². The van der Waals surface area contributed by atoms with Crippen LogP contribution in [-0.4, -0.2) is 47.3 Å². The molecule has 0 saturated carbocycles. The quantitative estimate of drug-likeness (QED) is 0.936. The van der Waals surface area contributed by atoms with Crippen molar-refractivity contribution in [1.29, 1.82) is 0 Å². The van der Waals surface area contributed by atoms with Gasteiger partial charge >= 0.3 is 0 Å². The number of likely N-dealkylation sites (tertiary alicyclic amines) is 1. The number of hydrogen-bond donors (Lipinski definition) is 1. The van der Waals surface area contributed by atoms with Gasteiger partial charge in [0.1, 0.15) is 0 Å². The number of benzene rings is 1. The SMILES string of the molecule is CNCC1CCCN(C(=O)c2ccn(-c3ccccc3Cl)n2)C1. The highest BCUT2D eigenvalue weighted by molar-refractivity contribution is 6.32. The Labute approximate surface area is 141 Å². The zero-order valence-electron chi connectivity index (χ0n) is 13.2. The topological polar surface area (TPSA) is 50.2 Å². The second-order valence-corrected chi connectivity index (χ2v) is 6.32. The monoisotopic (exact) mass is 332 g/mol. The number of carbonyl (C=O) groups excluding carboxylic acids is 1. The van der Waals surface area contributed by atoms with Crippen LogP contribution in [0.15, 0.2) is 36.5 Å². The molecule has 1 amide bonds. The maximum absolute atomic E-state index is 12.7. The molecule has 1 aliphatic heterocycles. The predicted molar refractivity (Wildman–Crippen MR) is 91.1 cm³/mol. The van der Waals surface area contributed by atoms with Crippen LogP contribution in [0.3, 0.4) is 0 Å². The van der Waals surface area contributed by atoms with Crippen LogP contribution in [0.1, 0.15) is 23.3 Å². The zero-order chi connectivity index (χ0) is 16.2. The molecule has 0 spiro atoms. The van der Waals surface area contributed by atoms with Crippen molar-refractivity contribution in [2.75, 3.05) is 26.7 Å². The summed E-state index contributed by atoms with van der Waals surface area (Å²) >= 11 is 6.19. The maximum Gasteiger partial charge on any atom is 0.274 e. The van der Waals surface area contributed by atoms with Crippen LogP contribution in [0, 0.1) is 5.92 Å². The number of halogens is 1. The number of piperidine rings is 1. The van der Waals surface area contributed by atoms with E-state index in [0.29, 0.717) is 16.6 Å². The summed E-state index contributed by atoms with van der Waals surface area (Å²) in [4.78, 5) is 14.6. The molecule has 0 radical (unpaired) electrons. The predicted octanol–water partition coefficient (Wildman–Crippen LogP) is 2.60. The van der Waals surface area contributed by atoms with E-state index in [-0.39, 0.29) is 5.91 Å². The molecule has 2 heterocycles. The second kappa shape index (κ2) is 7.15. The minimum atomic E-state index is -0.00314. The Balaban J connectivity index is 1.75. The molecule has 5 nitrogen and oxygen atoms in total. The summed E-state index contributed by atoms with van der Waals surface area (Å²) in [5, 5.41) is 8.22. The number of hydrogen-bond acceptors (Lipinski definition) is 3. The Bertz CT molecular complexity index is 683. The molecule has 1 unspecified atom stereocenters. The van der Waals surface area contributed by atoms with Gasteiger partial charge in [-0.05, 0) is 50.6 Å². The third-order valence-electron chi connectivity index (χ3n) is 4.21. The maximum atomic E-state index is 12.7. The lowest BCUT2D eigenvalue weighted by Gasteiger charge is -2.32. The molecule has 1 fully saturated rings. The molecule has 1 aliphatic rings. The lowest BCUT2D eigenvalue weighted by molar-refractivity contribution is 0.0668. The van der Waals surface area contributed by atoms with Gasteiger partial charge in [-0.2, -0.15) is 5.10 Å². The molecule has 1 N–H and O–H groups in total. The van der Waals surface area contributed by atoms with Gasteiger partial charge in [0.15, 0.2) is 5.69 Å². The number of nitrogens with zero attached hydrogens (tertiary/aromatic N) is 3. The van der Waals surface area contributed by atoms with Crippen molar-refractivity contribution in [3.8, 4) is 5.69 Å². The molecule has 1 saturated heterocycles. The first-order valence-corrected chi connectivity index (χ1v) is 8.31. The Morgan fingerprint density at radius 1 is 1.39 bits per heavy atom. The lowest BCUT2D eigenvalue weighted by Crippen LogP contribution is -2.42. The molecule has 23 heavy (non-hydrogen) atoms. The highest BCUT2D eigenvalue weighted by Crippen LogP contribution is 2.21. The van der Waals surface area contributed by atoms with Crippen molar-refractivity contribution in [1.82, 2.24) is 20.0 Å². The van der Waals surface area contributed by atoms with Crippen LogP contribution in [0.4, 0.5) is 0 Å². The number of nitrogens with one attached hydrogen (secondary N) is 1. The van der Waals surface area contributed by atoms with Gasteiger partial charge in [0.2, 0.25) is 0 Å². The average Bonchev–Trinajstić information content (AvgIpc) is 3.05. The molecule has 0 aliphatic carbocycles. The van der Waals surface area contributed by atoms with Crippen molar-refractivity contribution in [3.05, 3.63) is 47.2 Å². The smallest absolute Gasteiger partial charge is 0.274 e. The Morgan fingerprint density at radius 2 is 2.22 bits per heavy atom. The van der Waals surface area contributed by atoms with E-state index in [1.54, 1.807) is 16.9 Å². The minimum Gasteiger partial charge on any atom is -0.337 e. The van der Waals surface area contributed by atoms with Crippen LogP contribution in [0.25, 0.3) is 5.69 Å². The van der Waals surface area contributed by atoms with E-state index in [2.05, 4.69) is 10.4 Å². The van der Waals surface area contributed by atoms with Crippen LogP contribution in [0.2, 0.25) is 5.02 Å². The molecule has 2 aromatic rings. The molecule has 0 bridgehead atoms. The van der Waals surface area contributed by atoms with Gasteiger partial charge < -0.3 is 10.2 Å². The van der Waals surface area contributed by atoms with Crippen LogP contribution >= 0.6 is 11.6 Å². The van der Waals surface area contributed by atoms with Gasteiger partial charge in [0.25, 0.3) is 5.91 Å². The number of rotatable bonds is 4. The Morgan fingerprint density at radius 3 is 3.00 bits per heavy atom. The van der Waals surface area contributed by atoms with Gasteiger partial charge in [-0.3, -0.25) is 4.79 Å². The van der Waals surface area contributed by atoms with Crippen LogP contribution in [-0.2, 0) is 0 Å². The molecule has 1 aromatic heterocycles. The summed E-state index contributed by atoms with van der Waals surface area (Å²) in [5.41, 5.74) is 1.25. The molecule has 6 heteroatoms. The van der Waals surface area contributed by atoms with Crippen LogP contribution in [0.5, 0.6) is 0 Å². The average molecular weight is 333 g/mol. The fraction of sp³-hybridized carbons (Fsp3) is 0.412. The van der Waals surface area contributed by atoms with E-state index in [0.717, 1.165) is 31.7 Å². The van der Waals surface area contributed by atoms with Crippen molar-refractivity contribution in [2.45, 2.75) is 12.8 Å². The van der Waals surface area contributed by atoms with E-state index < -0.39 is 0 Å². The van der Waals surface area contributed by atoms with Gasteiger partial charge in [-0.25, -0.2) is 4.68 Å². The highest BCUT2D eigenvalue weighted by Gasteiger charge is 2.25. The van der Waals surface area contributed by atoms with E-state index in [4.69, 9.17) is 11.6 Å². The first-order valence-electron chi connectivity index (χ1n) is 7.93. The molecular formula is C17H21ClN4O. The first-order chi connectivity index (χ1) is 11.2. The van der Waals surface area contributed by atoms with E-state index >= 15 is 0 Å². The summed E-state index contributed by atoms with van der Waals surface area (Å²) in [6.07, 6.45) is 3.99. The highest BCUT2D eigenvalue weighted by atomic mass is 35.5. The summed E-state index contributed by atoms with van der Waals surface area (Å²) in [6, 6.07) is 9.22. The molecular weight excluding hydrogens is 312 g/mol. The van der Waals surface area contributed by atoms with Crippen molar-refractivity contribution in [3.63, 3.8) is 0 Å². The largest absolute Gasteiger partial charge is 0.337 e. The second-order valence-electron chi connectivity index (χ2n) is 5.91. The minimum absolute atomic E-state index is 0.00314. The van der Waals surface area contributed by atoms with Gasteiger partial charge in [0.05, 0.1) is 10.7 Å². The van der Waals surface area contributed by atoms with Gasteiger partial charge in [0, 0.05) is 19.3 Å². The molecule has 1 atom stereocenters. The lowest BCUT2D eigenvalue weighted by atomic mass is 9.98. The number of amides is 1. The number of aromatic nitrogens is 2. The summed E-state index contributed by atoms with van der Waals surface area (Å²) in [6.45, 7) is 2.54. The van der Waals surface area contributed by atoms with E-state index in [1.165, 1.54) is 6.42 Å². The van der Waals surface area contributed by atoms with Crippen molar-refractivity contribution < 1.29 is 4.79 Å². The van der Waals surface area contributed by atoms with Gasteiger partial charge in [-0.15, -0.1) is 0 Å². The Kier molecular flexibility index (Phi) is 4.98. The first kappa shape index (κ1) is 16.0. The summed E-state index contributed by atoms with van der Waals surface area (Å²) < 4.78 is 1.66. The zero-order valence-corrected chi connectivity index (χ0v) is 14.0. The van der Waals surface area contributed by atoms with Gasteiger partial charge in [-0.1, -0.05) is 23.7 Å². The molecule has 1 aromatic carbocycles. The number of carbonyl (C=O) groups is 1. The third kappa shape index (κ3) is 3.57. The summed E-state index contributed by atoms with van der Waals surface area (Å²) in [7, 11) is 1.95. The standard InChI is InChI=1S/C17H21ClN4O/c1-19-11-13-5-4-9-21(12-13)17(23)15-8-10-22(20-15)16-7-3-2-6-14(16)18/h2-3,6-8,10,13,19H,4-5,9,11-12H2,1H3. The molecule has 3 rings (SSSR count). The summed E-state index contributed by atoms with van der Waals surface area (Å²) in [5.74, 6) is 0.514. The van der Waals surface area contributed by atoms with E-state index in [9.17, 15) is 4.79 Å². The van der Waals surface area contributed by atoms with E-state index in [1.807, 2.05) is 36.2 Å². The fourth-order valence-electron chi connectivity index (χ4n) is 3.08. The number of para-hydroxylation sites is 1. The van der Waals surface area contributed by atoms with Crippen molar-refractivity contribution >= 4 is 17.5 Å². The normalized spacial score (nSPS) is 18.2.